The Balaban J connectivity index is 0.000000431. The zero-order valence-corrected chi connectivity index (χ0v) is 27.4. The number of aliphatic hydroxyl groups is 1. The molecule has 0 bridgehead atoms. The first kappa shape index (κ1) is 37.9. The van der Waals surface area contributed by atoms with E-state index >= 15 is 0 Å². The van der Waals surface area contributed by atoms with E-state index in [-0.39, 0.29) is 17.6 Å². The fourth-order valence-electron chi connectivity index (χ4n) is 4.69. The van der Waals surface area contributed by atoms with Crippen molar-refractivity contribution in [2.75, 3.05) is 0 Å². The first-order valence-electron chi connectivity index (χ1n) is 16.1. The number of aliphatic hydroxyl groups excluding tert-OH is 1. The van der Waals surface area contributed by atoms with Gasteiger partial charge in [-0.15, -0.1) is 0 Å². The summed E-state index contributed by atoms with van der Waals surface area (Å²) in [6.45, 7) is 10.4. The molecule has 0 aromatic heterocycles. The zero-order chi connectivity index (χ0) is 32.1. The maximum Gasteiger partial charge on any atom is 0.328 e. The number of ether oxygens (including phenoxy) is 1. The Morgan fingerprint density at radius 1 is 1.00 bits per heavy atom. The third kappa shape index (κ3) is 18.9. The van der Waals surface area contributed by atoms with Crippen molar-refractivity contribution in [1.82, 2.24) is 0 Å². The highest BCUT2D eigenvalue weighted by Gasteiger charge is 2.24. The Morgan fingerprint density at radius 2 is 1.70 bits per heavy atom. The number of allylic oxidation sites excluding steroid dienone is 3. The molecule has 0 unspecified atom stereocenters. The molecule has 0 fully saturated rings. The molecule has 6 heteroatoms. The zero-order valence-electron chi connectivity index (χ0n) is 27.4. The summed E-state index contributed by atoms with van der Waals surface area (Å²) in [5, 5.41) is 18.6. The summed E-state index contributed by atoms with van der Waals surface area (Å²) in [4.78, 5) is 21.3. The van der Waals surface area contributed by atoms with Gasteiger partial charge in [0.2, 0.25) is 5.91 Å². The highest BCUT2D eigenvalue weighted by Crippen LogP contribution is 2.36. The standard InChI is InChI=1S/C19H22O3.C18H35NO2/c1-13(2)5-7-15-11-14(6-8-17(20)21)12-16-9-10-19(3,4)22-18(15)16;1-2-3-4-11-14-17(20)15-12-9-7-5-6-8-10-13-16-18(19)21/h5-6,8-12H,7H2,1-4H3,(H,20,21);9,12,17,20H,2-8,10-11,13-16H2,1H3,(H2,19,21)/b;12-9-/t;17-/m.1/s1. The van der Waals surface area contributed by atoms with Gasteiger partial charge in [-0.3, -0.25) is 4.79 Å². The van der Waals surface area contributed by atoms with Crippen molar-refractivity contribution in [2.45, 2.75) is 136 Å². The lowest BCUT2D eigenvalue weighted by atomic mass is 9.95. The number of nitrogens with two attached hydrogens (primary N) is 1. The molecule has 6 nitrogen and oxygen atoms in total. The smallest absolute Gasteiger partial charge is 0.328 e. The lowest BCUT2D eigenvalue weighted by molar-refractivity contribution is -0.131. The molecular weight excluding hydrogens is 538 g/mol. The average molecular weight is 596 g/mol. The number of hydrogen-bond acceptors (Lipinski definition) is 4. The number of carboxylic acids is 1. The van der Waals surface area contributed by atoms with Crippen LogP contribution in [-0.2, 0) is 16.0 Å². The fraction of sp³-hybridized carbons (Fsp3) is 0.568. The minimum absolute atomic E-state index is 0.160. The maximum atomic E-state index is 10.7. The Hall–Kier alpha value is -3.12. The molecule has 4 N–H and O–H groups in total. The van der Waals surface area contributed by atoms with Crippen LogP contribution in [0, 0.1) is 0 Å². The molecule has 240 valence electrons. The van der Waals surface area contributed by atoms with E-state index in [2.05, 4.69) is 39.0 Å². The van der Waals surface area contributed by atoms with Gasteiger partial charge >= 0.3 is 5.97 Å². The number of carbonyl (C=O) groups excluding carboxylic acids is 1. The molecule has 0 saturated carbocycles. The number of carbonyl (C=O) groups is 2. The summed E-state index contributed by atoms with van der Waals surface area (Å²) < 4.78 is 6.11. The van der Waals surface area contributed by atoms with Crippen LogP contribution in [0.5, 0.6) is 5.75 Å². The number of hydrogen-bond donors (Lipinski definition) is 3. The molecule has 2 rings (SSSR count). The molecule has 1 amide bonds. The number of fused-ring (bicyclic) bond motifs is 1. The molecular formula is C37H57NO5. The topological polar surface area (TPSA) is 110 Å². The lowest BCUT2D eigenvalue weighted by Gasteiger charge is -2.29. The number of benzene rings is 1. The van der Waals surface area contributed by atoms with Gasteiger partial charge in [0.15, 0.2) is 0 Å². The third-order valence-electron chi connectivity index (χ3n) is 7.15. The highest BCUT2D eigenvalue weighted by atomic mass is 16.5. The lowest BCUT2D eigenvalue weighted by Crippen LogP contribution is -2.28. The van der Waals surface area contributed by atoms with Gasteiger partial charge < -0.3 is 20.7 Å². The first-order valence-corrected chi connectivity index (χ1v) is 16.1. The van der Waals surface area contributed by atoms with Crippen LogP contribution in [0.4, 0.5) is 0 Å². The quantitative estimate of drug-likeness (QED) is 0.0840. The Morgan fingerprint density at radius 3 is 2.37 bits per heavy atom. The van der Waals surface area contributed by atoms with Gasteiger partial charge in [0.1, 0.15) is 11.4 Å². The van der Waals surface area contributed by atoms with Gasteiger partial charge in [-0.2, -0.15) is 0 Å². The number of amides is 1. The van der Waals surface area contributed by atoms with Crippen molar-refractivity contribution < 1.29 is 24.5 Å². The van der Waals surface area contributed by atoms with Gasteiger partial charge in [-0.25, -0.2) is 4.79 Å². The molecule has 0 aliphatic carbocycles. The van der Waals surface area contributed by atoms with Crippen LogP contribution in [0.15, 0.2) is 48.1 Å². The van der Waals surface area contributed by atoms with Gasteiger partial charge in [0.05, 0.1) is 6.10 Å². The van der Waals surface area contributed by atoms with E-state index in [0.29, 0.717) is 6.42 Å². The van der Waals surface area contributed by atoms with E-state index in [4.69, 9.17) is 15.6 Å². The summed E-state index contributed by atoms with van der Waals surface area (Å²) in [6, 6.07) is 3.94. The molecule has 1 aliphatic rings. The summed E-state index contributed by atoms with van der Waals surface area (Å²) >= 11 is 0. The number of unbranched alkanes of at least 4 members (excludes halogenated alkanes) is 8. The SMILES string of the molecule is CC(C)=CCc1cc(C=CC(=O)O)cc2c1OC(C)(C)C=C2.CCCCCC[C@@H](O)C/C=C\CCCCCCCC(N)=O. The number of rotatable bonds is 19. The Bertz CT molecular complexity index is 1090. The van der Waals surface area contributed by atoms with E-state index in [0.717, 1.165) is 73.5 Å². The van der Waals surface area contributed by atoms with Crippen LogP contribution < -0.4 is 10.5 Å². The van der Waals surface area contributed by atoms with Gasteiger partial charge in [0, 0.05) is 18.1 Å². The second kappa shape index (κ2) is 21.6. The highest BCUT2D eigenvalue weighted by molar-refractivity contribution is 5.85. The third-order valence-corrected chi connectivity index (χ3v) is 7.15. The van der Waals surface area contributed by atoms with E-state index in [9.17, 15) is 14.7 Å². The summed E-state index contributed by atoms with van der Waals surface area (Å²) in [5.41, 5.74) is 8.93. The van der Waals surface area contributed by atoms with E-state index in [1.54, 1.807) is 6.08 Å². The van der Waals surface area contributed by atoms with Crippen LogP contribution >= 0.6 is 0 Å². The molecule has 1 heterocycles. The Kier molecular flexibility index (Phi) is 19.0. The summed E-state index contributed by atoms with van der Waals surface area (Å²) in [6.07, 6.45) is 27.8. The number of primary amides is 1. The van der Waals surface area contributed by atoms with Crippen molar-refractivity contribution in [2.24, 2.45) is 5.73 Å². The van der Waals surface area contributed by atoms with Gasteiger partial charge in [-0.05, 0) is 102 Å². The van der Waals surface area contributed by atoms with Crippen LogP contribution in [-0.4, -0.2) is 33.8 Å². The predicted octanol–water partition coefficient (Wildman–Crippen LogP) is 8.96. The van der Waals surface area contributed by atoms with E-state index in [1.165, 1.54) is 44.1 Å². The summed E-state index contributed by atoms with van der Waals surface area (Å²) in [7, 11) is 0. The minimum atomic E-state index is -0.948. The molecule has 1 atom stereocenters. The van der Waals surface area contributed by atoms with E-state index < -0.39 is 5.97 Å². The number of aliphatic carboxylic acids is 1. The molecule has 1 aromatic rings. The van der Waals surface area contributed by atoms with Gasteiger partial charge in [0.25, 0.3) is 0 Å². The van der Waals surface area contributed by atoms with Crippen LogP contribution in [0.1, 0.15) is 135 Å². The fourth-order valence-corrected chi connectivity index (χ4v) is 4.69. The normalized spacial score (nSPS) is 14.1. The summed E-state index contributed by atoms with van der Waals surface area (Å²) in [5.74, 6) is -0.250. The molecule has 1 aliphatic heterocycles. The molecule has 1 aromatic carbocycles. The van der Waals surface area contributed by atoms with E-state index in [1.807, 2.05) is 38.1 Å². The second-order valence-corrected chi connectivity index (χ2v) is 12.3. The average Bonchev–Trinajstić information content (AvgIpc) is 2.94. The molecule has 43 heavy (non-hydrogen) atoms. The van der Waals surface area contributed by atoms with Crippen molar-refractivity contribution in [1.29, 1.82) is 0 Å². The number of carboxylic acid groups (broad SMARTS) is 1. The first-order chi connectivity index (χ1) is 20.4. The van der Waals surface area contributed by atoms with Crippen molar-refractivity contribution in [3.63, 3.8) is 0 Å². The molecule has 0 saturated heterocycles. The second-order valence-electron chi connectivity index (χ2n) is 12.3. The van der Waals surface area contributed by atoms with Crippen molar-refractivity contribution >= 4 is 24.0 Å². The molecule has 0 radical (unpaired) electrons. The van der Waals surface area contributed by atoms with Crippen molar-refractivity contribution in [3.8, 4) is 5.75 Å². The minimum Gasteiger partial charge on any atom is -0.483 e. The molecule has 0 spiro atoms. The van der Waals surface area contributed by atoms with Crippen LogP contribution in [0.3, 0.4) is 0 Å². The van der Waals surface area contributed by atoms with Gasteiger partial charge in [-0.1, -0.05) is 81.7 Å². The maximum absolute atomic E-state index is 10.7. The monoisotopic (exact) mass is 595 g/mol. The van der Waals surface area contributed by atoms with Crippen molar-refractivity contribution in [3.05, 3.63) is 64.8 Å². The largest absolute Gasteiger partial charge is 0.483 e. The van der Waals surface area contributed by atoms with Crippen LogP contribution in [0.2, 0.25) is 0 Å². The van der Waals surface area contributed by atoms with Crippen LogP contribution in [0.25, 0.3) is 12.2 Å². The predicted molar refractivity (Wildman–Crippen MR) is 180 cm³/mol. The Labute approximate surface area is 260 Å².